The van der Waals surface area contributed by atoms with Crippen LogP contribution in [0, 0.1) is 0 Å². The third-order valence-corrected chi connectivity index (χ3v) is 3.77. The summed E-state index contributed by atoms with van der Waals surface area (Å²) in [4.78, 5) is 25.0. The van der Waals surface area contributed by atoms with E-state index in [4.69, 9.17) is 4.74 Å². The number of likely N-dealkylation sites (N-methyl/N-ethyl adjacent to an activating group) is 1. The molecule has 128 valence electrons. The van der Waals surface area contributed by atoms with Crippen LogP contribution < -0.4 is 4.72 Å². The average Bonchev–Trinajstić information content (AvgIpc) is 2.45. The van der Waals surface area contributed by atoms with Crippen LogP contribution in [-0.2, 0) is 26.0 Å². The Morgan fingerprint density at radius 1 is 1.22 bits per heavy atom. The highest BCUT2D eigenvalue weighted by Gasteiger charge is 2.20. The van der Waals surface area contributed by atoms with Crippen molar-refractivity contribution in [2.45, 2.75) is 19.4 Å². The van der Waals surface area contributed by atoms with Crippen LogP contribution in [0.1, 0.15) is 22.8 Å². The van der Waals surface area contributed by atoms with E-state index in [1.807, 2.05) is 0 Å². The van der Waals surface area contributed by atoms with E-state index in [2.05, 4.69) is 4.72 Å². The molecule has 23 heavy (non-hydrogen) atoms. The molecule has 0 radical (unpaired) electrons. The summed E-state index contributed by atoms with van der Waals surface area (Å²) in [5.74, 6) is -0.865. The predicted octanol–water partition coefficient (Wildman–Crippen LogP) is 0.412. The van der Waals surface area contributed by atoms with E-state index >= 15 is 0 Å². The molecule has 0 aromatic heterocycles. The molecule has 0 heterocycles. The van der Waals surface area contributed by atoms with Crippen LogP contribution in [0.15, 0.2) is 24.3 Å². The standard InChI is InChI=1S/C15H22N2O5S/c1-11(14(18)17(2)3)22-15(19)13-7-5-12(6-8-13)9-10-16-23(4,20)21/h5-8,11,16H,9-10H2,1-4H3/t11-/m0/s1. The van der Waals surface area contributed by atoms with Gasteiger partial charge in [-0.2, -0.15) is 0 Å². The minimum Gasteiger partial charge on any atom is -0.449 e. The summed E-state index contributed by atoms with van der Waals surface area (Å²) in [6.07, 6.45) is 0.761. The molecule has 1 rings (SSSR count). The van der Waals surface area contributed by atoms with E-state index in [0.29, 0.717) is 12.0 Å². The van der Waals surface area contributed by atoms with Gasteiger partial charge in [0.25, 0.3) is 5.91 Å². The van der Waals surface area contributed by atoms with Crippen molar-refractivity contribution in [3.63, 3.8) is 0 Å². The lowest BCUT2D eigenvalue weighted by molar-refractivity contribution is -0.137. The quantitative estimate of drug-likeness (QED) is 0.725. The number of carbonyl (C=O) groups excluding carboxylic acids is 2. The first-order valence-corrected chi connectivity index (χ1v) is 8.95. The second kappa shape index (κ2) is 8.07. The molecular formula is C15H22N2O5S. The van der Waals surface area contributed by atoms with Gasteiger partial charge in [0.2, 0.25) is 10.0 Å². The molecule has 0 saturated heterocycles. The van der Waals surface area contributed by atoms with Gasteiger partial charge in [-0.15, -0.1) is 0 Å². The van der Waals surface area contributed by atoms with Gasteiger partial charge in [0.05, 0.1) is 11.8 Å². The minimum absolute atomic E-state index is 0.289. The van der Waals surface area contributed by atoms with Gasteiger partial charge < -0.3 is 9.64 Å². The Morgan fingerprint density at radius 3 is 2.26 bits per heavy atom. The van der Waals surface area contributed by atoms with Crippen molar-refractivity contribution in [1.29, 1.82) is 0 Å². The van der Waals surface area contributed by atoms with E-state index in [1.165, 1.54) is 11.8 Å². The van der Waals surface area contributed by atoms with Crippen molar-refractivity contribution >= 4 is 21.9 Å². The molecule has 0 spiro atoms. The topological polar surface area (TPSA) is 92.8 Å². The summed E-state index contributed by atoms with van der Waals surface area (Å²) in [5, 5.41) is 0. The fourth-order valence-electron chi connectivity index (χ4n) is 1.83. The Bertz CT molecular complexity index is 653. The summed E-state index contributed by atoms with van der Waals surface area (Å²) < 4.78 is 29.4. The molecule has 1 atom stereocenters. The Labute approximate surface area is 136 Å². The van der Waals surface area contributed by atoms with E-state index in [1.54, 1.807) is 38.4 Å². The number of nitrogens with one attached hydrogen (secondary N) is 1. The number of benzene rings is 1. The first kappa shape index (κ1) is 19.1. The number of amides is 1. The molecule has 1 N–H and O–H groups in total. The Morgan fingerprint density at radius 2 is 1.78 bits per heavy atom. The van der Waals surface area contributed by atoms with Crippen molar-refractivity contribution < 1.29 is 22.7 Å². The van der Waals surface area contributed by atoms with Gasteiger partial charge in [-0.3, -0.25) is 4.79 Å². The van der Waals surface area contributed by atoms with Crippen LogP contribution in [0.3, 0.4) is 0 Å². The number of hydrogen-bond acceptors (Lipinski definition) is 5. The summed E-state index contributed by atoms with van der Waals surface area (Å²) >= 11 is 0. The Balaban J connectivity index is 2.59. The fraction of sp³-hybridized carbons (Fsp3) is 0.467. The summed E-state index contributed by atoms with van der Waals surface area (Å²) in [5.41, 5.74) is 1.22. The molecule has 0 saturated carbocycles. The van der Waals surface area contributed by atoms with E-state index < -0.39 is 22.1 Å². The number of esters is 1. The van der Waals surface area contributed by atoms with Gasteiger partial charge in [-0.1, -0.05) is 12.1 Å². The maximum atomic E-state index is 12.0. The van der Waals surface area contributed by atoms with Gasteiger partial charge in [-0.25, -0.2) is 17.9 Å². The molecule has 7 nitrogen and oxygen atoms in total. The van der Waals surface area contributed by atoms with Crippen molar-refractivity contribution in [3.05, 3.63) is 35.4 Å². The second-order valence-electron chi connectivity index (χ2n) is 5.39. The van der Waals surface area contributed by atoms with Crippen LogP contribution in [0.25, 0.3) is 0 Å². The molecule has 1 aromatic rings. The molecule has 0 aliphatic carbocycles. The van der Waals surface area contributed by atoms with Crippen LogP contribution in [0.2, 0.25) is 0 Å². The Kier molecular flexibility index (Phi) is 6.71. The van der Waals surface area contributed by atoms with Crippen molar-refractivity contribution in [2.24, 2.45) is 0 Å². The van der Waals surface area contributed by atoms with Gasteiger partial charge >= 0.3 is 5.97 Å². The number of sulfonamides is 1. The fourth-order valence-corrected chi connectivity index (χ4v) is 2.30. The largest absolute Gasteiger partial charge is 0.449 e. The molecule has 0 aliphatic heterocycles. The van der Waals surface area contributed by atoms with Gasteiger partial charge in [0, 0.05) is 20.6 Å². The lowest BCUT2D eigenvalue weighted by atomic mass is 10.1. The highest BCUT2D eigenvalue weighted by atomic mass is 32.2. The van der Waals surface area contributed by atoms with Crippen LogP contribution in [-0.4, -0.2) is 58.2 Å². The summed E-state index contributed by atoms with van der Waals surface area (Å²) in [6.45, 7) is 1.81. The Hall–Kier alpha value is -1.93. The molecule has 0 bridgehead atoms. The van der Waals surface area contributed by atoms with Crippen LogP contribution in [0.5, 0.6) is 0 Å². The van der Waals surface area contributed by atoms with Crippen LogP contribution in [0.4, 0.5) is 0 Å². The zero-order chi connectivity index (χ0) is 17.6. The number of rotatable bonds is 7. The van der Waals surface area contributed by atoms with E-state index in [9.17, 15) is 18.0 Å². The highest BCUT2D eigenvalue weighted by Crippen LogP contribution is 2.08. The molecule has 8 heteroatoms. The third kappa shape index (κ3) is 6.79. The summed E-state index contributed by atoms with van der Waals surface area (Å²) in [7, 11) is -0.0260. The lowest BCUT2D eigenvalue weighted by Crippen LogP contribution is -2.34. The maximum Gasteiger partial charge on any atom is 0.338 e. The first-order chi connectivity index (χ1) is 10.6. The predicted molar refractivity (Wildman–Crippen MR) is 86.6 cm³/mol. The van der Waals surface area contributed by atoms with Crippen molar-refractivity contribution in [3.8, 4) is 0 Å². The highest BCUT2D eigenvalue weighted by molar-refractivity contribution is 7.88. The maximum absolute atomic E-state index is 12.0. The molecular weight excluding hydrogens is 320 g/mol. The minimum atomic E-state index is -3.20. The summed E-state index contributed by atoms with van der Waals surface area (Å²) in [6, 6.07) is 6.62. The van der Waals surface area contributed by atoms with Gasteiger partial charge in [-0.05, 0) is 31.0 Å². The van der Waals surface area contributed by atoms with Crippen LogP contribution >= 0.6 is 0 Å². The monoisotopic (exact) mass is 342 g/mol. The van der Waals surface area contributed by atoms with E-state index in [-0.39, 0.29) is 12.5 Å². The number of hydrogen-bond donors (Lipinski definition) is 1. The third-order valence-electron chi connectivity index (χ3n) is 3.04. The van der Waals surface area contributed by atoms with E-state index in [0.717, 1.165) is 11.8 Å². The van der Waals surface area contributed by atoms with Gasteiger partial charge in [0.1, 0.15) is 0 Å². The molecule has 0 fully saturated rings. The zero-order valence-corrected chi connectivity index (χ0v) is 14.5. The average molecular weight is 342 g/mol. The second-order valence-corrected chi connectivity index (χ2v) is 7.23. The van der Waals surface area contributed by atoms with Gasteiger partial charge in [0.15, 0.2) is 6.10 Å². The SMILES string of the molecule is C[C@H](OC(=O)c1ccc(CCNS(C)(=O)=O)cc1)C(=O)N(C)C. The van der Waals surface area contributed by atoms with Crippen molar-refractivity contribution in [2.75, 3.05) is 26.9 Å². The lowest BCUT2D eigenvalue weighted by Gasteiger charge is -2.17. The molecule has 0 unspecified atom stereocenters. The number of carbonyl (C=O) groups is 2. The number of ether oxygens (including phenoxy) is 1. The van der Waals surface area contributed by atoms with Crippen molar-refractivity contribution in [1.82, 2.24) is 9.62 Å². The number of nitrogens with zero attached hydrogens (tertiary/aromatic N) is 1. The smallest absolute Gasteiger partial charge is 0.338 e. The zero-order valence-electron chi connectivity index (χ0n) is 13.7. The first-order valence-electron chi connectivity index (χ1n) is 7.06. The molecule has 1 aromatic carbocycles. The molecule has 1 amide bonds. The molecule has 0 aliphatic rings. The normalized spacial score (nSPS) is 12.5.